The number of fused-ring (bicyclic) bond motifs is 1. The van der Waals surface area contributed by atoms with Crippen LogP contribution in [0.25, 0.3) is 0 Å². The molecule has 0 saturated heterocycles. The first-order valence-corrected chi connectivity index (χ1v) is 7.22. The first kappa shape index (κ1) is 15.4. The molecule has 4 nitrogen and oxygen atoms in total. The standard InChI is InChI=1S/C17H22O4/c1-11(16(19)20)5-4-7-17(3)8-6-13-10-14(18)9-12(2)15(13)21-17/h5,9-10,18H,4,6-8H2,1-3H3,(H,19,20)/b11-5+/t17-/m1/s1. The quantitative estimate of drug-likeness (QED) is 0.831. The number of phenolic OH excluding ortho intramolecular Hbond substituents is 1. The van der Waals surface area contributed by atoms with Crippen molar-refractivity contribution < 1.29 is 19.7 Å². The van der Waals surface area contributed by atoms with E-state index in [2.05, 4.69) is 6.92 Å². The van der Waals surface area contributed by atoms with Crippen LogP contribution < -0.4 is 4.74 Å². The summed E-state index contributed by atoms with van der Waals surface area (Å²) < 4.78 is 6.16. The summed E-state index contributed by atoms with van der Waals surface area (Å²) in [6.45, 7) is 5.60. The first-order chi connectivity index (χ1) is 9.81. The van der Waals surface area contributed by atoms with Gasteiger partial charge in [0.15, 0.2) is 0 Å². The molecule has 1 aromatic rings. The molecular formula is C17H22O4. The molecule has 114 valence electrons. The molecule has 21 heavy (non-hydrogen) atoms. The number of hydrogen-bond acceptors (Lipinski definition) is 3. The molecule has 0 unspecified atom stereocenters. The van der Waals surface area contributed by atoms with E-state index in [1.165, 1.54) is 0 Å². The molecule has 1 atom stereocenters. The van der Waals surface area contributed by atoms with Gasteiger partial charge in [-0.15, -0.1) is 0 Å². The summed E-state index contributed by atoms with van der Waals surface area (Å²) >= 11 is 0. The third-order valence-electron chi connectivity index (χ3n) is 4.07. The molecule has 1 heterocycles. The van der Waals surface area contributed by atoms with Crippen molar-refractivity contribution in [2.45, 2.75) is 52.1 Å². The Morgan fingerprint density at radius 3 is 2.86 bits per heavy atom. The van der Waals surface area contributed by atoms with Crippen LogP contribution in [0.3, 0.4) is 0 Å². The van der Waals surface area contributed by atoms with E-state index >= 15 is 0 Å². The molecule has 0 saturated carbocycles. The van der Waals surface area contributed by atoms with Gasteiger partial charge >= 0.3 is 5.97 Å². The molecule has 1 aliphatic heterocycles. The number of allylic oxidation sites excluding steroid dienone is 1. The highest BCUT2D eigenvalue weighted by molar-refractivity contribution is 5.85. The second-order valence-corrected chi connectivity index (χ2v) is 6.03. The number of aromatic hydroxyl groups is 1. The third kappa shape index (κ3) is 3.57. The highest BCUT2D eigenvalue weighted by Crippen LogP contribution is 2.39. The fourth-order valence-corrected chi connectivity index (χ4v) is 2.71. The van der Waals surface area contributed by atoms with Gasteiger partial charge in [0.05, 0.1) is 0 Å². The number of carboxylic acids is 1. The molecule has 0 bridgehead atoms. The van der Waals surface area contributed by atoms with E-state index in [1.807, 2.05) is 6.92 Å². The third-order valence-corrected chi connectivity index (χ3v) is 4.07. The van der Waals surface area contributed by atoms with Crippen LogP contribution in [0.2, 0.25) is 0 Å². The zero-order chi connectivity index (χ0) is 15.6. The molecule has 4 heteroatoms. The maximum atomic E-state index is 10.8. The van der Waals surface area contributed by atoms with Crippen molar-refractivity contribution in [1.29, 1.82) is 0 Å². The zero-order valence-electron chi connectivity index (χ0n) is 12.8. The van der Waals surface area contributed by atoms with E-state index in [-0.39, 0.29) is 11.4 Å². The minimum absolute atomic E-state index is 0.276. The van der Waals surface area contributed by atoms with E-state index < -0.39 is 5.97 Å². The number of phenols is 1. The fourth-order valence-electron chi connectivity index (χ4n) is 2.71. The largest absolute Gasteiger partial charge is 0.508 e. The molecule has 1 aromatic carbocycles. The molecule has 0 amide bonds. The number of aliphatic carboxylic acids is 1. The Kier molecular flexibility index (Phi) is 4.26. The van der Waals surface area contributed by atoms with Crippen molar-refractivity contribution in [2.75, 3.05) is 0 Å². The van der Waals surface area contributed by atoms with Crippen LogP contribution in [0, 0.1) is 6.92 Å². The second-order valence-electron chi connectivity index (χ2n) is 6.03. The summed E-state index contributed by atoms with van der Waals surface area (Å²) in [5.74, 6) is 0.264. The lowest BCUT2D eigenvalue weighted by molar-refractivity contribution is -0.132. The minimum Gasteiger partial charge on any atom is -0.508 e. The van der Waals surface area contributed by atoms with Crippen molar-refractivity contribution >= 4 is 5.97 Å². The van der Waals surface area contributed by atoms with Gasteiger partial charge < -0.3 is 14.9 Å². The van der Waals surface area contributed by atoms with Crippen molar-refractivity contribution in [2.24, 2.45) is 0 Å². The van der Waals surface area contributed by atoms with E-state index in [4.69, 9.17) is 9.84 Å². The van der Waals surface area contributed by atoms with E-state index in [9.17, 15) is 9.90 Å². The lowest BCUT2D eigenvalue weighted by Crippen LogP contribution is -2.36. The van der Waals surface area contributed by atoms with E-state index in [1.54, 1.807) is 25.1 Å². The van der Waals surface area contributed by atoms with Crippen molar-refractivity contribution in [1.82, 2.24) is 0 Å². The van der Waals surface area contributed by atoms with Gasteiger partial charge in [-0.25, -0.2) is 4.79 Å². The average Bonchev–Trinajstić information content (AvgIpc) is 2.39. The number of aryl methyl sites for hydroxylation is 2. The Morgan fingerprint density at radius 2 is 2.19 bits per heavy atom. The number of carboxylic acid groups (broad SMARTS) is 1. The molecule has 2 rings (SSSR count). The molecule has 1 aliphatic rings. The van der Waals surface area contributed by atoms with Crippen molar-refractivity contribution in [3.63, 3.8) is 0 Å². The summed E-state index contributed by atoms with van der Waals surface area (Å²) in [5.41, 5.74) is 2.07. The molecule has 0 radical (unpaired) electrons. The second kappa shape index (κ2) is 5.80. The van der Waals surface area contributed by atoms with Gasteiger partial charge in [0, 0.05) is 5.57 Å². The van der Waals surface area contributed by atoms with Crippen molar-refractivity contribution in [3.05, 3.63) is 34.9 Å². The average molecular weight is 290 g/mol. The lowest BCUT2D eigenvalue weighted by atomic mass is 9.87. The first-order valence-electron chi connectivity index (χ1n) is 7.22. The van der Waals surface area contributed by atoms with E-state index in [0.29, 0.717) is 12.0 Å². The Bertz CT molecular complexity index is 589. The summed E-state index contributed by atoms with van der Waals surface area (Å²) in [7, 11) is 0. The fraction of sp³-hybridized carbons (Fsp3) is 0.471. The van der Waals surface area contributed by atoms with Gasteiger partial charge in [-0.05, 0) is 69.7 Å². The number of rotatable bonds is 4. The lowest BCUT2D eigenvalue weighted by Gasteiger charge is -2.36. The smallest absolute Gasteiger partial charge is 0.330 e. The summed E-state index contributed by atoms with van der Waals surface area (Å²) in [6.07, 6.45) is 4.93. The van der Waals surface area contributed by atoms with E-state index in [0.717, 1.165) is 36.1 Å². The molecular weight excluding hydrogens is 268 g/mol. The predicted octanol–water partition coefficient (Wildman–Crippen LogP) is 3.60. The van der Waals surface area contributed by atoms with Crippen molar-refractivity contribution in [3.8, 4) is 11.5 Å². The summed E-state index contributed by atoms with van der Waals surface area (Å²) in [6, 6.07) is 3.47. The number of hydrogen-bond donors (Lipinski definition) is 2. The molecule has 0 fully saturated rings. The maximum absolute atomic E-state index is 10.8. The Labute approximate surface area is 125 Å². The zero-order valence-corrected chi connectivity index (χ0v) is 12.8. The number of benzene rings is 1. The molecule has 0 spiro atoms. The number of carbonyl (C=O) groups is 1. The topological polar surface area (TPSA) is 66.8 Å². The van der Waals surface area contributed by atoms with Crippen LogP contribution in [0.1, 0.15) is 44.2 Å². The van der Waals surface area contributed by atoms with Crippen LogP contribution in [-0.2, 0) is 11.2 Å². The van der Waals surface area contributed by atoms with Gasteiger partial charge in [0.25, 0.3) is 0 Å². The van der Waals surface area contributed by atoms with Crippen LogP contribution in [-0.4, -0.2) is 21.8 Å². The Balaban J connectivity index is 2.09. The number of ether oxygens (including phenoxy) is 1. The normalized spacial score (nSPS) is 21.6. The minimum atomic E-state index is -0.874. The maximum Gasteiger partial charge on any atom is 0.330 e. The van der Waals surface area contributed by atoms with Crippen LogP contribution in [0.15, 0.2) is 23.8 Å². The Hall–Kier alpha value is -1.97. The SMILES string of the molecule is C/C(=C\CC[C@]1(C)CCc2cc(O)cc(C)c2O1)C(=O)O. The van der Waals surface area contributed by atoms with Gasteiger partial charge in [-0.2, -0.15) is 0 Å². The van der Waals surface area contributed by atoms with Gasteiger partial charge in [0.1, 0.15) is 17.1 Å². The highest BCUT2D eigenvalue weighted by atomic mass is 16.5. The predicted molar refractivity (Wildman–Crippen MR) is 80.8 cm³/mol. The molecule has 0 aliphatic carbocycles. The van der Waals surface area contributed by atoms with Crippen LogP contribution in [0.4, 0.5) is 0 Å². The van der Waals surface area contributed by atoms with Crippen LogP contribution in [0.5, 0.6) is 11.5 Å². The van der Waals surface area contributed by atoms with Gasteiger partial charge in [0.2, 0.25) is 0 Å². The van der Waals surface area contributed by atoms with Crippen LogP contribution >= 0.6 is 0 Å². The van der Waals surface area contributed by atoms with Gasteiger partial charge in [-0.1, -0.05) is 6.08 Å². The van der Waals surface area contributed by atoms with Gasteiger partial charge in [-0.3, -0.25) is 0 Å². The Morgan fingerprint density at radius 1 is 1.48 bits per heavy atom. The monoisotopic (exact) mass is 290 g/mol. The summed E-state index contributed by atoms with van der Waals surface area (Å²) in [5, 5.41) is 18.5. The molecule has 0 aromatic heterocycles. The molecule has 2 N–H and O–H groups in total. The highest BCUT2D eigenvalue weighted by Gasteiger charge is 2.32. The summed E-state index contributed by atoms with van der Waals surface area (Å²) in [4.78, 5) is 10.8.